The number of alkyl halides is 3. The van der Waals surface area contributed by atoms with Gasteiger partial charge < -0.3 is 10.4 Å². The normalized spacial score (nSPS) is 12.7. The van der Waals surface area contributed by atoms with Crippen molar-refractivity contribution in [2.24, 2.45) is 0 Å². The number of hydrogen-bond acceptors (Lipinski definition) is 2. The quantitative estimate of drug-likeness (QED) is 0.834. The van der Waals surface area contributed by atoms with E-state index in [-0.39, 0.29) is 16.2 Å². The van der Waals surface area contributed by atoms with Crippen molar-refractivity contribution in [3.63, 3.8) is 0 Å². The van der Waals surface area contributed by atoms with E-state index in [9.17, 15) is 22.8 Å². The monoisotopic (exact) mass is 321 g/mol. The zero-order valence-electron chi connectivity index (χ0n) is 11.0. The van der Waals surface area contributed by atoms with Gasteiger partial charge in [-0.15, -0.1) is 0 Å². The molecule has 0 aromatic heterocycles. The number of benzene rings is 1. The molecular weight excluding hydrogens is 311 g/mol. The highest BCUT2D eigenvalue weighted by Crippen LogP contribution is 2.36. The zero-order chi connectivity index (χ0) is 16.4. The number of anilines is 1. The first-order valence-corrected chi connectivity index (χ1v) is 6.00. The lowest BCUT2D eigenvalue weighted by Crippen LogP contribution is -2.19. The van der Waals surface area contributed by atoms with Crippen LogP contribution in [0, 0.1) is 0 Å². The average molecular weight is 322 g/mol. The molecule has 1 amide bonds. The van der Waals surface area contributed by atoms with Gasteiger partial charge in [0.1, 0.15) is 0 Å². The van der Waals surface area contributed by atoms with Gasteiger partial charge >= 0.3 is 12.1 Å². The summed E-state index contributed by atoms with van der Waals surface area (Å²) in [6.45, 7) is 2.39. The molecule has 0 aliphatic rings. The van der Waals surface area contributed by atoms with E-state index in [2.05, 4.69) is 0 Å². The molecule has 8 heteroatoms. The summed E-state index contributed by atoms with van der Waals surface area (Å²) in [5.41, 5.74) is -2.04. The Kier molecular flexibility index (Phi) is 5.01. The molecule has 1 aromatic carbocycles. The number of nitrogens with one attached hydrogen (secondary N) is 1. The molecule has 0 atom stereocenters. The average Bonchev–Trinajstić information content (AvgIpc) is 2.37. The highest BCUT2D eigenvalue weighted by molar-refractivity contribution is 6.30. The van der Waals surface area contributed by atoms with Gasteiger partial charge in [-0.05, 0) is 32.0 Å². The molecule has 2 N–H and O–H groups in total. The number of rotatable bonds is 3. The van der Waals surface area contributed by atoms with Gasteiger partial charge in [0, 0.05) is 16.2 Å². The molecular formula is C13H11ClF3NO3. The Hall–Kier alpha value is -2.02. The van der Waals surface area contributed by atoms with Gasteiger partial charge in [0.05, 0.1) is 11.3 Å². The van der Waals surface area contributed by atoms with Crippen molar-refractivity contribution in [3.05, 3.63) is 39.9 Å². The molecule has 0 heterocycles. The van der Waals surface area contributed by atoms with Gasteiger partial charge in [-0.2, -0.15) is 13.2 Å². The minimum absolute atomic E-state index is 0.130. The maximum absolute atomic E-state index is 12.9. The first kappa shape index (κ1) is 17.0. The lowest BCUT2D eigenvalue weighted by atomic mass is 10.1. The molecule has 0 saturated heterocycles. The second-order valence-electron chi connectivity index (χ2n) is 4.20. The van der Waals surface area contributed by atoms with Crippen LogP contribution in [-0.4, -0.2) is 17.0 Å². The van der Waals surface area contributed by atoms with Crippen LogP contribution < -0.4 is 5.32 Å². The number of halogens is 4. The molecule has 114 valence electrons. The molecule has 0 aliphatic carbocycles. The summed E-state index contributed by atoms with van der Waals surface area (Å²) in [4.78, 5) is 22.5. The number of aliphatic carboxylic acids is 1. The number of hydrogen-bond donors (Lipinski definition) is 2. The summed E-state index contributed by atoms with van der Waals surface area (Å²) in [6, 6.07) is 2.88. The van der Waals surface area contributed by atoms with E-state index in [4.69, 9.17) is 16.7 Å². The van der Waals surface area contributed by atoms with Crippen LogP contribution in [-0.2, 0) is 15.8 Å². The van der Waals surface area contributed by atoms with Crippen molar-refractivity contribution in [1.82, 2.24) is 0 Å². The summed E-state index contributed by atoms with van der Waals surface area (Å²) in [7, 11) is 0. The minimum Gasteiger partial charge on any atom is -0.478 e. The minimum atomic E-state index is -4.70. The van der Waals surface area contributed by atoms with Crippen LogP contribution >= 0.6 is 11.6 Å². The van der Waals surface area contributed by atoms with E-state index < -0.39 is 29.3 Å². The van der Waals surface area contributed by atoms with E-state index in [0.717, 1.165) is 6.07 Å². The van der Waals surface area contributed by atoms with Gasteiger partial charge in [0.15, 0.2) is 0 Å². The van der Waals surface area contributed by atoms with Crippen LogP contribution in [0.1, 0.15) is 19.4 Å². The molecule has 0 saturated carbocycles. The van der Waals surface area contributed by atoms with E-state index in [0.29, 0.717) is 6.07 Å². The third-order valence-corrected chi connectivity index (χ3v) is 2.99. The molecule has 21 heavy (non-hydrogen) atoms. The molecule has 0 spiro atoms. The SMILES string of the molecule is CC(C(=O)O)=C(C)C(=O)Nc1ccc(Cl)cc1C(F)(F)F. The predicted molar refractivity (Wildman–Crippen MR) is 71.1 cm³/mol. The van der Waals surface area contributed by atoms with Crippen molar-refractivity contribution in [2.45, 2.75) is 20.0 Å². The van der Waals surface area contributed by atoms with Crippen LogP contribution in [0.2, 0.25) is 5.02 Å². The van der Waals surface area contributed by atoms with Crippen molar-refractivity contribution >= 4 is 29.2 Å². The molecule has 1 aromatic rings. The number of carbonyl (C=O) groups excluding carboxylic acids is 1. The highest BCUT2D eigenvalue weighted by Gasteiger charge is 2.34. The van der Waals surface area contributed by atoms with Crippen molar-refractivity contribution in [1.29, 1.82) is 0 Å². The smallest absolute Gasteiger partial charge is 0.418 e. The zero-order valence-corrected chi connectivity index (χ0v) is 11.8. The van der Waals surface area contributed by atoms with E-state index in [1.54, 1.807) is 0 Å². The first-order valence-electron chi connectivity index (χ1n) is 5.63. The van der Waals surface area contributed by atoms with Crippen LogP contribution in [0.25, 0.3) is 0 Å². The van der Waals surface area contributed by atoms with Gasteiger partial charge in [-0.1, -0.05) is 11.6 Å². The molecule has 4 nitrogen and oxygen atoms in total. The van der Waals surface area contributed by atoms with Gasteiger partial charge in [0.25, 0.3) is 5.91 Å². The maximum atomic E-state index is 12.9. The van der Waals surface area contributed by atoms with Gasteiger partial charge in [-0.3, -0.25) is 4.79 Å². The van der Waals surface area contributed by atoms with Crippen LogP contribution in [0.4, 0.5) is 18.9 Å². The highest BCUT2D eigenvalue weighted by atomic mass is 35.5. The Morgan fingerprint density at radius 2 is 1.76 bits per heavy atom. The summed E-state index contributed by atoms with van der Waals surface area (Å²) in [6.07, 6.45) is -4.70. The number of amides is 1. The van der Waals surface area contributed by atoms with E-state index in [1.165, 1.54) is 19.9 Å². The summed E-state index contributed by atoms with van der Waals surface area (Å²) < 4.78 is 38.6. The first-order chi connectivity index (χ1) is 9.54. The summed E-state index contributed by atoms with van der Waals surface area (Å²) in [5.74, 6) is -2.25. The van der Waals surface area contributed by atoms with Crippen LogP contribution in [0.5, 0.6) is 0 Å². The fraction of sp³-hybridized carbons (Fsp3) is 0.231. The third-order valence-electron chi connectivity index (χ3n) is 2.76. The van der Waals surface area contributed by atoms with Crippen molar-refractivity contribution in [2.75, 3.05) is 5.32 Å². The molecule has 0 aliphatic heterocycles. The number of carboxylic acid groups (broad SMARTS) is 1. The summed E-state index contributed by atoms with van der Waals surface area (Å²) in [5, 5.41) is 10.7. The largest absolute Gasteiger partial charge is 0.478 e. The lowest BCUT2D eigenvalue weighted by Gasteiger charge is -2.14. The maximum Gasteiger partial charge on any atom is 0.418 e. The fourth-order valence-electron chi connectivity index (χ4n) is 1.41. The molecule has 0 fully saturated rings. The standard InChI is InChI=1S/C13H11ClF3NO3/c1-6(7(2)12(20)21)11(19)18-10-4-3-8(14)5-9(10)13(15,16)17/h3-5H,1-2H3,(H,18,19)(H,20,21). The van der Waals surface area contributed by atoms with E-state index in [1.807, 2.05) is 5.32 Å². The van der Waals surface area contributed by atoms with E-state index >= 15 is 0 Å². The Balaban J connectivity index is 3.18. The van der Waals surface area contributed by atoms with Crippen LogP contribution in [0.3, 0.4) is 0 Å². The predicted octanol–water partition coefficient (Wildman–Crippen LogP) is 3.72. The Morgan fingerprint density at radius 3 is 2.24 bits per heavy atom. The molecule has 0 unspecified atom stereocenters. The van der Waals surface area contributed by atoms with Gasteiger partial charge in [0.2, 0.25) is 0 Å². The lowest BCUT2D eigenvalue weighted by molar-refractivity contribution is -0.137. The second-order valence-corrected chi connectivity index (χ2v) is 4.63. The van der Waals surface area contributed by atoms with Crippen molar-refractivity contribution in [3.8, 4) is 0 Å². The Morgan fingerprint density at radius 1 is 1.19 bits per heavy atom. The molecule has 1 rings (SSSR count). The number of carbonyl (C=O) groups is 2. The Labute approximate surface area is 123 Å². The Bertz CT molecular complexity index is 624. The second kappa shape index (κ2) is 6.17. The molecule has 0 radical (unpaired) electrons. The topological polar surface area (TPSA) is 66.4 Å². The summed E-state index contributed by atoms with van der Waals surface area (Å²) >= 11 is 5.51. The fourth-order valence-corrected chi connectivity index (χ4v) is 1.58. The van der Waals surface area contributed by atoms with Gasteiger partial charge in [-0.25, -0.2) is 4.79 Å². The van der Waals surface area contributed by atoms with Crippen LogP contribution in [0.15, 0.2) is 29.3 Å². The molecule has 0 bridgehead atoms. The number of carboxylic acids is 1. The third kappa shape index (κ3) is 4.22. The van der Waals surface area contributed by atoms with Crippen molar-refractivity contribution < 1.29 is 27.9 Å².